The predicted octanol–water partition coefficient (Wildman–Crippen LogP) is 3.01. The molecule has 0 amide bonds. The highest BCUT2D eigenvalue weighted by molar-refractivity contribution is 7.90. The summed E-state index contributed by atoms with van der Waals surface area (Å²) < 4.78 is 64.9. The summed E-state index contributed by atoms with van der Waals surface area (Å²) in [6.07, 6.45) is 3.93. The van der Waals surface area contributed by atoms with Crippen LogP contribution < -0.4 is 0 Å². The van der Waals surface area contributed by atoms with E-state index in [2.05, 4.69) is 9.80 Å². The van der Waals surface area contributed by atoms with Crippen molar-refractivity contribution in [3.05, 3.63) is 59.9 Å². The van der Waals surface area contributed by atoms with Crippen LogP contribution in [0.25, 0.3) is 0 Å². The van der Waals surface area contributed by atoms with Crippen molar-refractivity contribution >= 4 is 32.3 Å². The minimum absolute atomic E-state index is 0. The van der Waals surface area contributed by atoms with Crippen LogP contribution in [0.15, 0.2) is 58.3 Å². The normalized spacial score (nSPS) is 19.7. The van der Waals surface area contributed by atoms with Gasteiger partial charge in [0.1, 0.15) is 5.82 Å². The average Bonchev–Trinajstić information content (AvgIpc) is 3.07. The predicted molar refractivity (Wildman–Crippen MR) is 136 cm³/mol. The van der Waals surface area contributed by atoms with E-state index in [9.17, 15) is 21.2 Å². The lowest BCUT2D eigenvalue weighted by Gasteiger charge is -2.38. The van der Waals surface area contributed by atoms with E-state index in [4.69, 9.17) is 0 Å². The molecule has 0 N–H and O–H groups in total. The molecule has 2 aliphatic rings. The number of halogens is 2. The summed E-state index contributed by atoms with van der Waals surface area (Å²) in [6, 6.07) is 12.6. The van der Waals surface area contributed by atoms with E-state index in [-0.39, 0.29) is 17.3 Å². The van der Waals surface area contributed by atoms with Crippen LogP contribution in [0.2, 0.25) is 0 Å². The molecule has 0 aromatic heterocycles. The molecule has 194 valence electrons. The molecule has 11 heteroatoms. The smallest absolute Gasteiger partial charge is 0.243 e. The first-order valence-corrected chi connectivity index (χ1v) is 15.0. The Morgan fingerprint density at radius 1 is 0.857 bits per heavy atom. The number of likely N-dealkylation sites (tertiary alicyclic amines) is 1. The Bertz CT molecular complexity index is 1200. The summed E-state index contributed by atoms with van der Waals surface area (Å²) in [5, 5.41) is 0. The summed E-state index contributed by atoms with van der Waals surface area (Å²) in [4.78, 5) is 5.21. The number of hydrogen-bond acceptors (Lipinski definition) is 6. The van der Waals surface area contributed by atoms with Crippen molar-refractivity contribution in [3.8, 4) is 0 Å². The molecule has 35 heavy (non-hydrogen) atoms. The number of piperidine rings is 1. The van der Waals surface area contributed by atoms with Gasteiger partial charge in [-0.15, -0.1) is 12.4 Å². The Balaban J connectivity index is 0.00000342. The fraction of sp³-hybridized carbons (Fsp3) is 0.500. The fourth-order valence-electron chi connectivity index (χ4n) is 4.95. The van der Waals surface area contributed by atoms with Crippen LogP contribution in [0.5, 0.6) is 0 Å². The van der Waals surface area contributed by atoms with Crippen molar-refractivity contribution in [2.75, 3.05) is 45.5 Å². The van der Waals surface area contributed by atoms with Gasteiger partial charge in [-0.2, -0.15) is 4.31 Å². The third-order valence-corrected chi connectivity index (χ3v) is 9.89. The maximum Gasteiger partial charge on any atom is 0.243 e. The SMILES string of the molecule is CS(=O)(=O)c1ccccc1CN1CCC(N2CCCN(S(=O)(=O)c3ccc(F)cc3)CC2)CC1.Cl. The Hall–Kier alpha value is -1.56. The third-order valence-electron chi connectivity index (χ3n) is 6.78. The second-order valence-electron chi connectivity index (χ2n) is 9.13. The number of rotatable bonds is 6. The molecule has 2 fully saturated rings. The molecule has 0 atom stereocenters. The molecule has 7 nitrogen and oxygen atoms in total. The molecule has 2 aromatic carbocycles. The maximum atomic E-state index is 13.2. The number of benzene rings is 2. The first-order chi connectivity index (χ1) is 16.1. The minimum Gasteiger partial charge on any atom is -0.299 e. The Morgan fingerprint density at radius 3 is 2.17 bits per heavy atom. The van der Waals surface area contributed by atoms with Gasteiger partial charge in [0, 0.05) is 38.5 Å². The first-order valence-electron chi connectivity index (χ1n) is 11.6. The monoisotopic (exact) mass is 545 g/mol. The summed E-state index contributed by atoms with van der Waals surface area (Å²) in [5.74, 6) is -0.452. The lowest BCUT2D eigenvalue weighted by Crippen LogP contribution is -2.46. The largest absolute Gasteiger partial charge is 0.299 e. The third kappa shape index (κ3) is 6.81. The Morgan fingerprint density at radius 2 is 1.51 bits per heavy atom. The molecule has 2 heterocycles. The van der Waals surface area contributed by atoms with Crippen LogP contribution in [0.3, 0.4) is 0 Å². The summed E-state index contributed by atoms with van der Waals surface area (Å²) in [6.45, 7) is 4.74. The molecular weight excluding hydrogens is 513 g/mol. The van der Waals surface area contributed by atoms with Crippen LogP contribution in [-0.2, 0) is 26.4 Å². The van der Waals surface area contributed by atoms with Crippen molar-refractivity contribution in [2.24, 2.45) is 0 Å². The number of hydrogen-bond donors (Lipinski definition) is 0. The number of sulfone groups is 1. The molecule has 0 radical (unpaired) electrons. The highest BCUT2D eigenvalue weighted by atomic mass is 35.5. The molecule has 0 spiro atoms. The molecule has 0 unspecified atom stereocenters. The zero-order valence-electron chi connectivity index (χ0n) is 19.8. The van der Waals surface area contributed by atoms with E-state index in [0.717, 1.165) is 44.5 Å². The van der Waals surface area contributed by atoms with Crippen molar-refractivity contribution in [1.82, 2.24) is 14.1 Å². The Labute approximate surface area is 214 Å². The molecule has 2 aliphatic heterocycles. The van der Waals surface area contributed by atoms with Gasteiger partial charge in [0.2, 0.25) is 10.0 Å². The van der Waals surface area contributed by atoms with Crippen molar-refractivity contribution < 1.29 is 21.2 Å². The second-order valence-corrected chi connectivity index (χ2v) is 13.1. The van der Waals surface area contributed by atoms with E-state index in [0.29, 0.717) is 37.1 Å². The van der Waals surface area contributed by atoms with E-state index < -0.39 is 25.7 Å². The van der Waals surface area contributed by atoms with E-state index in [1.807, 2.05) is 12.1 Å². The molecule has 0 aliphatic carbocycles. The topological polar surface area (TPSA) is 78.0 Å². The second kappa shape index (κ2) is 11.7. The van der Waals surface area contributed by atoms with Crippen LogP contribution in [0.4, 0.5) is 4.39 Å². The summed E-state index contributed by atoms with van der Waals surface area (Å²) >= 11 is 0. The van der Waals surface area contributed by atoms with Gasteiger partial charge in [0.25, 0.3) is 0 Å². The summed E-state index contributed by atoms with van der Waals surface area (Å²) in [5.41, 5.74) is 0.833. The van der Waals surface area contributed by atoms with Crippen molar-refractivity contribution in [3.63, 3.8) is 0 Å². The molecular formula is C24H33ClFN3O4S2. The quantitative estimate of drug-likeness (QED) is 0.555. The fourth-order valence-corrected chi connectivity index (χ4v) is 7.36. The minimum atomic E-state index is -3.63. The van der Waals surface area contributed by atoms with Gasteiger partial charge in [0.05, 0.1) is 9.79 Å². The van der Waals surface area contributed by atoms with Gasteiger partial charge in [-0.25, -0.2) is 21.2 Å². The molecule has 0 bridgehead atoms. The average molecular weight is 546 g/mol. The highest BCUT2D eigenvalue weighted by Gasteiger charge is 2.31. The van der Waals surface area contributed by atoms with Gasteiger partial charge in [-0.3, -0.25) is 9.80 Å². The number of nitrogens with zero attached hydrogens (tertiary/aromatic N) is 3. The van der Waals surface area contributed by atoms with Gasteiger partial charge in [-0.1, -0.05) is 18.2 Å². The van der Waals surface area contributed by atoms with Gasteiger partial charge < -0.3 is 0 Å². The standard InChI is InChI=1S/C24H32FN3O4S2.ClH/c1-33(29,30)24-6-3-2-5-20(24)19-26-15-11-22(12-16-26)27-13-4-14-28(18-17-27)34(31,32)23-9-7-21(25)8-10-23;/h2-3,5-10,22H,4,11-19H2,1H3;1H. The van der Waals surface area contributed by atoms with Crippen LogP contribution in [-0.4, -0.2) is 82.5 Å². The molecule has 0 saturated carbocycles. The van der Waals surface area contributed by atoms with Crippen molar-refractivity contribution in [2.45, 2.75) is 41.6 Å². The van der Waals surface area contributed by atoms with Crippen LogP contribution >= 0.6 is 12.4 Å². The van der Waals surface area contributed by atoms with E-state index >= 15 is 0 Å². The molecule has 4 rings (SSSR count). The zero-order chi connectivity index (χ0) is 24.3. The zero-order valence-corrected chi connectivity index (χ0v) is 22.3. The first kappa shape index (κ1) is 28.0. The van der Waals surface area contributed by atoms with E-state index in [1.54, 1.807) is 12.1 Å². The highest BCUT2D eigenvalue weighted by Crippen LogP contribution is 2.24. The maximum absolute atomic E-state index is 13.2. The Kier molecular flexibility index (Phi) is 9.33. The molecule has 2 saturated heterocycles. The van der Waals surface area contributed by atoms with Gasteiger partial charge >= 0.3 is 0 Å². The van der Waals surface area contributed by atoms with Crippen molar-refractivity contribution in [1.29, 1.82) is 0 Å². The molecule has 2 aromatic rings. The number of sulfonamides is 1. The van der Waals surface area contributed by atoms with Crippen LogP contribution in [0.1, 0.15) is 24.8 Å². The summed E-state index contributed by atoms with van der Waals surface area (Å²) in [7, 11) is -6.90. The van der Waals surface area contributed by atoms with Crippen LogP contribution in [0, 0.1) is 5.82 Å². The van der Waals surface area contributed by atoms with Gasteiger partial charge in [0.15, 0.2) is 9.84 Å². The lowest BCUT2D eigenvalue weighted by molar-refractivity contribution is 0.108. The van der Waals surface area contributed by atoms with E-state index in [1.165, 1.54) is 34.8 Å². The van der Waals surface area contributed by atoms with Gasteiger partial charge in [-0.05, 0) is 74.8 Å². The lowest BCUT2D eigenvalue weighted by atomic mass is 10.0.